The summed E-state index contributed by atoms with van der Waals surface area (Å²) in [6.45, 7) is 3.34. The van der Waals surface area contributed by atoms with Crippen molar-refractivity contribution in [1.29, 1.82) is 0 Å². The van der Waals surface area contributed by atoms with E-state index in [1.807, 2.05) is 11.3 Å². The molecular weight excluding hydrogens is 272 g/mol. The maximum atomic E-state index is 5.65. The fourth-order valence-electron chi connectivity index (χ4n) is 3.29. The number of rotatable bonds is 1. The molecule has 1 aliphatic heterocycles. The van der Waals surface area contributed by atoms with Gasteiger partial charge in [0.15, 0.2) is 5.11 Å². The summed E-state index contributed by atoms with van der Waals surface area (Å²) in [5, 5.41) is 6.78. The molecule has 2 aliphatic rings. The number of hydrogen-bond donors (Lipinski definition) is 1. The zero-order chi connectivity index (χ0) is 13.2. The smallest absolute Gasteiger partial charge is 0.169 e. The van der Waals surface area contributed by atoms with Gasteiger partial charge in [-0.3, -0.25) is 0 Å². The van der Waals surface area contributed by atoms with Gasteiger partial charge in [0.2, 0.25) is 0 Å². The van der Waals surface area contributed by atoms with Crippen LogP contribution in [0.15, 0.2) is 11.4 Å². The van der Waals surface area contributed by atoms with Gasteiger partial charge in [-0.15, -0.1) is 11.3 Å². The van der Waals surface area contributed by atoms with Gasteiger partial charge in [-0.25, -0.2) is 0 Å². The van der Waals surface area contributed by atoms with E-state index in [0.717, 1.165) is 18.1 Å². The van der Waals surface area contributed by atoms with Gasteiger partial charge in [0.25, 0.3) is 0 Å². The molecule has 0 amide bonds. The third-order valence-electron chi connectivity index (χ3n) is 4.47. The molecule has 4 heteroatoms. The second-order valence-electron chi connectivity index (χ2n) is 5.70. The highest BCUT2D eigenvalue weighted by molar-refractivity contribution is 7.80. The first-order valence-electron chi connectivity index (χ1n) is 7.39. The van der Waals surface area contributed by atoms with E-state index in [4.69, 9.17) is 12.2 Å². The van der Waals surface area contributed by atoms with Crippen LogP contribution in [0.2, 0.25) is 0 Å². The predicted octanol–water partition coefficient (Wildman–Crippen LogP) is 3.87. The summed E-state index contributed by atoms with van der Waals surface area (Å²) in [6.07, 6.45) is 7.81. The molecule has 1 unspecified atom stereocenters. The Labute approximate surface area is 125 Å². The van der Waals surface area contributed by atoms with Crippen molar-refractivity contribution in [3.05, 3.63) is 21.9 Å². The number of thiocarbonyl (C=S) groups is 1. The monoisotopic (exact) mass is 294 g/mol. The van der Waals surface area contributed by atoms with Crippen molar-refractivity contribution in [3.63, 3.8) is 0 Å². The Kier molecular flexibility index (Phi) is 4.08. The molecule has 1 fully saturated rings. The standard InChI is InChI=1S/C15H22N2S2/c1-11-13-8-10-19-14(13)7-9-17(11)15(18)16-12-5-3-2-4-6-12/h8,10-12H,2-7,9H2,1H3,(H,16,18). The first kappa shape index (κ1) is 13.4. The molecule has 2 heterocycles. The lowest BCUT2D eigenvalue weighted by atomic mass is 9.95. The maximum Gasteiger partial charge on any atom is 0.169 e. The quantitative estimate of drug-likeness (QED) is 0.792. The Morgan fingerprint density at radius 3 is 2.95 bits per heavy atom. The molecule has 0 aromatic carbocycles. The summed E-state index contributed by atoms with van der Waals surface area (Å²) in [4.78, 5) is 3.92. The molecule has 1 aliphatic carbocycles. The Morgan fingerprint density at radius 1 is 1.37 bits per heavy atom. The molecule has 0 bridgehead atoms. The van der Waals surface area contributed by atoms with E-state index < -0.39 is 0 Å². The topological polar surface area (TPSA) is 15.3 Å². The van der Waals surface area contributed by atoms with Crippen molar-refractivity contribution in [1.82, 2.24) is 10.2 Å². The molecule has 1 aromatic heterocycles. The zero-order valence-corrected chi connectivity index (χ0v) is 13.2. The van der Waals surface area contributed by atoms with Gasteiger partial charge in [0.05, 0.1) is 6.04 Å². The van der Waals surface area contributed by atoms with E-state index in [0.29, 0.717) is 12.1 Å². The van der Waals surface area contributed by atoms with Gasteiger partial charge in [-0.2, -0.15) is 0 Å². The molecule has 0 saturated heterocycles. The second-order valence-corrected chi connectivity index (χ2v) is 7.09. The largest absolute Gasteiger partial charge is 0.360 e. The summed E-state index contributed by atoms with van der Waals surface area (Å²) in [5.41, 5.74) is 1.48. The predicted molar refractivity (Wildman–Crippen MR) is 85.8 cm³/mol. The lowest BCUT2D eigenvalue weighted by Gasteiger charge is -2.37. The van der Waals surface area contributed by atoms with Crippen molar-refractivity contribution in [2.24, 2.45) is 0 Å². The van der Waals surface area contributed by atoms with Crippen LogP contribution in [-0.2, 0) is 6.42 Å². The van der Waals surface area contributed by atoms with Crippen LogP contribution in [0.5, 0.6) is 0 Å². The minimum atomic E-state index is 0.429. The van der Waals surface area contributed by atoms with Gasteiger partial charge in [-0.05, 0) is 55.4 Å². The van der Waals surface area contributed by atoms with Crippen molar-refractivity contribution in [2.45, 2.75) is 57.5 Å². The van der Waals surface area contributed by atoms with Crippen LogP contribution >= 0.6 is 23.6 Å². The molecule has 1 atom stereocenters. The average molecular weight is 294 g/mol. The molecule has 104 valence electrons. The minimum absolute atomic E-state index is 0.429. The van der Waals surface area contributed by atoms with Crippen LogP contribution in [0.3, 0.4) is 0 Å². The van der Waals surface area contributed by atoms with E-state index >= 15 is 0 Å². The zero-order valence-electron chi connectivity index (χ0n) is 11.5. The first-order valence-corrected chi connectivity index (χ1v) is 8.68. The Bertz CT molecular complexity index is 449. The Hall–Kier alpha value is -0.610. The molecule has 0 radical (unpaired) electrons. The van der Waals surface area contributed by atoms with Crippen molar-refractivity contribution >= 4 is 28.7 Å². The van der Waals surface area contributed by atoms with E-state index in [1.54, 1.807) is 4.88 Å². The fraction of sp³-hybridized carbons (Fsp3) is 0.667. The van der Waals surface area contributed by atoms with Gasteiger partial charge in [0, 0.05) is 17.5 Å². The highest BCUT2D eigenvalue weighted by Gasteiger charge is 2.27. The lowest BCUT2D eigenvalue weighted by molar-refractivity contribution is 0.305. The number of thiophene rings is 1. The second kappa shape index (κ2) is 5.80. The molecule has 2 nitrogen and oxygen atoms in total. The van der Waals surface area contributed by atoms with E-state index in [9.17, 15) is 0 Å². The van der Waals surface area contributed by atoms with Crippen LogP contribution in [0.1, 0.15) is 55.5 Å². The summed E-state index contributed by atoms with van der Waals surface area (Å²) < 4.78 is 0. The number of nitrogens with one attached hydrogen (secondary N) is 1. The van der Waals surface area contributed by atoms with E-state index in [-0.39, 0.29) is 0 Å². The number of nitrogens with zero attached hydrogens (tertiary/aromatic N) is 1. The summed E-state index contributed by atoms with van der Waals surface area (Å²) in [6, 6.07) is 3.30. The van der Waals surface area contributed by atoms with E-state index in [2.05, 4.69) is 28.6 Å². The molecule has 19 heavy (non-hydrogen) atoms. The van der Waals surface area contributed by atoms with Gasteiger partial charge in [-0.1, -0.05) is 19.3 Å². The molecule has 1 N–H and O–H groups in total. The third-order valence-corrected chi connectivity index (χ3v) is 5.82. The maximum absolute atomic E-state index is 5.65. The Morgan fingerprint density at radius 2 is 2.16 bits per heavy atom. The Balaban J connectivity index is 1.64. The summed E-state index contributed by atoms with van der Waals surface area (Å²) in [5.74, 6) is 0. The highest BCUT2D eigenvalue weighted by Crippen LogP contribution is 2.33. The van der Waals surface area contributed by atoms with Crippen molar-refractivity contribution < 1.29 is 0 Å². The van der Waals surface area contributed by atoms with Crippen LogP contribution in [0, 0.1) is 0 Å². The SMILES string of the molecule is CC1c2ccsc2CCN1C(=S)NC1CCCCC1. The number of hydrogen-bond acceptors (Lipinski definition) is 2. The van der Waals surface area contributed by atoms with Crippen molar-refractivity contribution in [2.75, 3.05) is 6.54 Å². The van der Waals surface area contributed by atoms with Crippen LogP contribution < -0.4 is 5.32 Å². The summed E-state index contributed by atoms with van der Waals surface area (Å²) >= 11 is 7.54. The molecule has 1 saturated carbocycles. The van der Waals surface area contributed by atoms with Gasteiger partial charge >= 0.3 is 0 Å². The number of fused-ring (bicyclic) bond motifs is 1. The molecular formula is C15H22N2S2. The first-order chi connectivity index (χ1) is 9.25. The van der Waals surface area contributed by atoms with Crippen LogP contribution in [0.25, 0.3) is 0 Å². The van der Waals surface area contributed by atoms with E-state index in [1.165, 1.54) is 37.7 Å². The lowest BCUT2D eigenvalue weighted by Crippen LogP contribution is -2.48. The molecule has 1 aromatic rings. The fourth-order valence-corrected chi connectivity index (χ4v) is 4.67. The van der Waals surface area contributed by atoms with Crippen molar-refractivity contribution in [3.8, 4) is 0 Å². The molecule has 0 spiro atoms. The molecule has 3 rings (SSSR count). The highest BCUT2D eigenvalue weighted by atomic mass is 32.1. The normalized spacial score (nSPS) is 24.1. The average Bonchev–Trinajstić information content (AvgIpc) is 2.89. The summed E-state index contributed by atoms with van der Waals surface area (Å²) in [7, 11) is 0. The third kappa shape index (κ3) is 2.79. The van der Waals surface area contributed by atoms with Gasteiger partial charge in [0.1, 0.15) is 0 Å². The van der Waals surface area contributed by atoms with Gasteiger partial charge < -0.3 is 10.2 Å². The minimum Gasteiger partial charge on any atom is -0.360 e. The van der Waals surface area contributed by atoms with Crippen LogP contribution in [0.4, 0.5) is 0 Å². The van der Waals surface area contributed by atoms with Crippen LogP contribution in [-0.4, -0.2) is 22.6 Å².